The molecule has 0 spiro atoms. The number of rotatable bonds is 2. The van der Waals surface area contributed by atoms with Gasteiger partial charge >= 0.3 is 0 Å². The van der Waals surface area contributed by atoms with Crippen LogP contribution in [0.2, 0.25) is 0 Å². The Bertz CT molecular complexity index is 653. The number of benzene rings is 1. The van der Waals surface area contributed by atoms with E-state index in [1.165, 1.54) is 17.1 Å². The van der Waals surface area contributed by atoms with Gasteiger partial charge in [-0.15, -0.1) is 0 Å². The number of carbonyl (C=O) groups is 2. The van der Waals surface area contributed by atoms with Crippen LogP contribution in [0, 0.1) is 0 Å². The van der Waals surface area contributed by atoms with Crippen LogP contribution < -0.4 is 0 Å². The quantitative estimate of drug-likeness (QED) is 0.748. The first kappa shape index (κ1) is 10.7. The molecule has 0 atom stereocenters. The Balaban J connectivity index is 2.01. The average molecular weight is 238 g/mol. The van der Waals surface area contributed by atoms with E-state index in [0.29, 0.717) is 0 Å². The molecule has 3 rings (SSSR count). The Morgan fingerprint density at radius 1 is 1.00 bits per heavy atom. The number of hydrogen-bond acceptors (Lipinski definition) is 3. The zero-order valence-electron chi connectivity index (χ0n) is 9.54. The molecule has 0 radical (unpaired) electrons. The molecule has 18 heavy (non-hydrogen) atoms. The average Bonchev–Trinajstić information content (AvgIpc) is 2.71. The van der Waals surface area contributed by atoms with Gasteiger partial charge in [-0.25, -0.2) is 0 Å². The van der Waals surface area contributed by atoms with Crippen molar-refractivity contribution in [3.8, 4) is 0 Å². The summed E-state index contributed by atoms with van der Waals surface area (Å²) in [7, 11) is 0. The first-order valence-corrected chi connectivity index (χ1v) is 5.62. The highest BCUT2D eigenvalue weighted by Gasteiger charge is 2.23. The highest BCUT2D eigenvalue weighted by atomic mass is 16.2. The number of nitrogens with zero attached hydrogens (tertiary/aromatic N) is 2. The zero-order chi connectivity index (χ0) is 12.5. The highest BCUT2D eigenvalue weighted by Crippen LogP contribution is 2.19. The second-order valence-corrected chi connectivity index (χ2v) is 4.09. The fourth-order valence-corrected chi connectivity index (χ4v) is 2.05. The van der Waals surface area contributed by atoms with Gasteiger partial charge in [-0.05, 0) is 11.6 Å². The van der Waals surface area contributed by atoms with E-state index in [4.69, 9.17) is 0 Å². The van der Waals surface area contributed by atoms with E-state index in [-0.39, 0.29) is 18.4 Å². The predicted octanol–water partition coefficient (Wildman–Crippen LogP) is 1.66. The third kappa shape index (κ3) is 1.68. The van der Waals surface area contributed by atoms with Gasteiger partial charge in [-0.3, -0.25) is 19.5 Å². The van der Waals surface area contributed by atoms with E-state index in [9.17, 15) is 9.59 Å². The summed E-state index contributed by atoms with van der Waals surface area (Å²) in [6.07, 6.45) is 4.29. The molecule has 4 heteroatoms. The van der Waals surface area contributed by atoms with Gasteiger partial charge < -0.3 is 0 Å². The molecule has 1 aliphatic rings. The Kier molecular flexibility index (Phi) is 2.41. The summed E-state index contributed by atoms with van der Waals surface area (Å²) in [5, 5.41) is 1.00. The highest BCUT2D eigenvalue weighted by molar-refractivity contribution is 6.12. The molecule has 1 aromatic carbocycles. The van der Waals surface area contributed by atoms with E-state index < -0.39 is 0 Å². The summed E-state index contributed by atoms with van der Waals surface area (Å²) < 4.78 is 0. The van der Waals surface area contributed by atoms with Crippen molar-refractivity contribution in [3.05, 3.63) is 54.2 Å². The molecule has 0 saturated carbocycles. The van der Waals surface area contributed by atoms with Gasteiger partial charge in [-0.2, -0.15) is 0 Å². The third-order valence-electron chi connectivity index (χ3n) is 2.95. The third-order valence-corrected chi connectivity index (χ3v) is 2.95. The van der Waals surface area contributed by atoms with Crippen LogP contribution in [0.1, 0.15) is 5.56 Å². The molecule has 2 amide bonds. The molecular weight excluding hydrogens is 228 g/mol. The van der Waals surface area contributed by atoms with Crippen LogP contribution in [-0.2, 0) is 16.1 Å². The molecule has 2 aromatic rings. The fourth-order valence-electron chi connectivity index (χ4n) is 2.05. The lowest BCUT2D eigenvalue weighted by atomic mass is 10.1. The smallest absolute Gasteiger partial charge is 0.253 e. The van der Waals surface area contributed by atoms with E-state index in [1.807, 2.05) is 30.3 Å². The van der Waals surface area contributed by atoms with Crippen molar-refractivity contribution in [2.75, 3.05) is 0 Å². The number of aromatic nitrogens is 1. The Labute approximate surface area is 104 Å². The van der Waals surface area contributed by atoms with E-state index in [0.717, 1.165) is 16.5 Å². The molecule has 0 unspecified atom stereocenters. The zero-order valence-corrected chi connectivity index (χ0v) is 9.54. The first-order chi connectivity index (χ1) is 8.75. The molecule has 0 N–H and O–H groups in total. The number of imide groups is 1. The number of fused-ring (bicyclic) bond motifs is 1. The van der Waals surface area contributed by atoms with Crippen molar-refractivity contribution in [2.45, 2.75) is 6.54 Å². The standard InChI is InChI=1S/C14H10N2O2/c17-12-6-7-13(18)16(12)9-11-4-1-3-10-5-2-8-15-14(10)11/h1-8H,9H2. The van der Waals surface area contributed by atoms with Gasteiger partial charge in [0, 0.05) is 23.7 Å². The summed E-state index contributed by atoms with van der Waals surface area (Å²) in [6, 6.07) is 9.56. The maximum absolute atomic E-state index is 11.5. The van der Waals surface area contributed by atoms with E-state index in [1.54, 1.807) is 6.20 Å². The van der Waals surface area contributed by atoms with Crippen molar-refractivity contribution in [2.24, 2.45) is 0 Å². The van der Waals surface area contributed by atoms with Crippen LogP contribution in [0.15, 0.2) is 48.7 Å². The van der Waals surface area contributed by atoms with Gasteiger partial charge in [0.25, 0.3) is 11.8 Å². The SMILES string of the molecule is O=C1C=CC(=O)N1Cc1cccc2cccnc12. The summed E-state index contributed by atoms with van der Waals surface area (Å²) in [5.74, 6) is -0.541. The van der Waals surface area contributed by atoms with Crippen molar-refractivity contribution < 1.29 is 9.59 Å². The topological polar surface area (TPSA) is 50.3 Å². The van der Waals surface area contributed by atoms with Crippen molar-refractivity contribution in [1.29, 1.82) is 0 Å². The van der Waals surface area contributed by atoms with Gasteiger partial charge in [0.1, 0.15) is 0 Å². The van der Waals surface area contributed by atoms with E-state index in [2.05, 4.69) is 4.98 Å². The number of amides is 2. The van der Waals surface area contributed by atoms with Crippen LogP contribution in [-0.4, -0.2) is 21.7 Å². The molecule has 0 fully saturated rings. The van der Waals surface area contributed by atoms with Crippen molar-refractivity contribution in [1.82, 2.24) is 9.88 Å². The number of carbonyl (C=O) groups excluding carboxylic acids is 2. The van der Waals surface area contributed by atoms with Gasteiger partial charge in [0.2, 0.25) is 0 Å². The molecular formula is C14H10N2O2. The Hall–Kier alpha value is -2.49. The van der Waals surface area contributed by atoms with Crippen LogP contribution >= 0.6 is 0 Å². The molecule has 0 aliphatic carbocycles. The minimum absolute atomic E-state index is 0.263. The fraction of sp³-hybridized carbons (Fsp3) is 0.0714. The van der Waals surface area contributed by atoms with Gasteiger partial charge in [0.15, 0.2) is 0 Å². The lowest BCUT2D eigenvalue weighted by molar-refractivity contribution is -0.137. The largest absolute Gasteiger partial charge is 0.271 e. The lowest BCUT2D eigenvalue weighted by Crippen LogP contribution is -2.29. The second-order valence-electron chi connectivity index (χ2n) is 4.09. The molecule has 88 valence electrons. The number of pyridine rings is 1. The molecule has 2 heterocycles. The number of hydrogen-bond donors (Lipinski definition) is 0. The van der Waals surface area contributed by atoms with E-state index >= 15 is 0 Å². The lowest BCUT2D eigenvalue weighted by Gasteiger charge is -2.14. The molecule has 1 aliphatic heterocycles. The molecule has 0 saturated heterocycles. The Morgan fingerprint density at radius 3 is 2.50 bits per heavy atom. The van der Waals surface area contributed by atoms with Crippen LogP contribution in [0.5, 0.6) is 0 Å². The minimum atomic E-state index is -0.270. The normalized spacial score (nSPS) is 14.8. The van der Waals surface area contributed by atoms with Crippen LogP contribution in [0.4, 0.5) is 0 Å². The molecule has 0 bridgehead atoms. The number of para-hydroxylation sites is 1. The van der Waals surface area contributed by atoms with Crippen molar-refractivity contribution in [3.63, 3.8) is 0 Å². The summed E-state index contributed by atoms with van der Waals surface area (Å²) in [5.41, 5.74) is 1.70. The van der Waals surface area contributed by atoms with Crippen LogP contribution in [0.3, 0.4) is 0 Å². The predicted molar refractivity (Wildman–Crippen MR) is 66.4 cm³/mol. The summed E-state index contributed by atoms with van der Waals surface area (Å²) >= 11 is 0. The monoisotopic (exact) mass is 238 g/mol. The maximum atomic E-state index is 11.5. The van der Waals surface area contributed by atoms with Crippen LogP contribution in [0.25, 0.3) is 10.9 Å². The first-order valence-electron chi connectivity index (χ1n) is 5.62. The summed E-state index contributed by atoms with van der Waals surface area (Å²) in [4.78, 5) is 28.6. The van der Waals surface area contributed by atoms with Gasteiger partial charge in [-0.1, -0.05) is 24.3 Å². The Morgan fingerprint density at radius 2 is 1.72 bits per heavy atom. The molecule has 1 aromatic heterocycles. The molecule has 4 nitrogen and oxygen atoms in total. The summed E-state index contributed by atoms with van der Waals surface area (Å²) in [6.45, 7) is 0.263. The second kappa shape index (κ2) is 4.07. The maximum Gasteiger partial charge on any atom is 0.253 e. The van der Waals surface area contributed by atoms with Gasteiger partial charge in [0.05, 0.1) is 12.1 Å². The minimum Gasteiger partial charge on any atom is -0.271 e. The van der Waals surface area contributed by atoms with Crippen molar-refractivity contribution >= 4 is 22.7 Å².